The van der Waals surface area contributed by atoms with Crippen LogP contribution in [0, 0.1) is 10.1 Å². The van der Waals surface area contributed by atoms with Crippen LogP contribution in [-0.2, 0) is 16.6 Å². The second-order valence-corrected chi connectivity index (χ2v) is 9.95. The fourth-order valence-corrected chi connectivity index (χ4v) is 4.91. The zero-order valence-electron chi connectivity index (χ0n) is 21.6. The van der Waals surface area contributed by atoms with E-state index >= 15 is 0 Å². The summed E-state index contributed by atoms with van der Waals surface area (Å²) < 4.78 is 45.5. The van der Waals surface area contributed by atoms with Gasteiger partial charge < -0.3 is 14.2 Å². The summed E-state index contributed by atoms with van der Waals surface area (Å²) >= 11 is 0. The van der Waals surface area contributed by atoms with E-state index in [1.807, 2.05) is 30.3 Å². The van der Waals surface area contributed by atoms with Crippen molar-refractivity contribution in [3.63, 3.8) is 0 Å². The smallest absolute Gasteiger partial charge is 0.270 e. The summed E-state index contributed by atoms with van der Waals surface area (Å²) in [7, 11) is -1.36. The monoisotopic (exact) mass is 562 g/mol. The summed E-state index contributed by atoms with van der Waals surface area (Å²) in [6.07, 6.45) is 1.45. The van der Waals surface area contributed by atoms with Gasteiger partial charge in [-0.1, -0.05) is 42.5 Å². The van der Waals surface area contributed by atoms with Gasteiger partial charge in [0.05, 0.1) is 36.7 Å². The minimum absolute atomic E-state index is 0.0269. The van der Waals surface area contributed by atoms with Crippen molar-refractivity contribution in [2.75, 3.05) is 24.4 Å². The average molecular weight is 563 g/mol. The molecule has 0 fully saturated rings. The second kappa shape index (κ2) is 12.6. The number of para-hydroxylation sites is 2. The largest absolute Gasteiger partial charge is 0.495 e. The molecule has 0 atom stereocenters. The molecule has 0 radical (unpaired) electrons. The number of nitro benzene ring substituents is 1. The molecular weight excluding hydrogens is 536 g/mol. The molecule has 206 valence electrons. The van der Waals surface area contributed by atoms with E-state index in [9.17, 15) is 18.5 Å². The number of hydrogen-bond donors (Lipinski definition) is 2. The van der Waals surface area contributed by atoms with E-state index in [2.05, 4.69) is 15.2 Å². The van der Waals surface area contributed by atoms with Gasteiger partial charge in [-0.3, -0.25) is 20.3 Å². The van der Waals surface area contributed by atoms with Crippen LogP contribution in [0.15, 0.2) is 101 Å². The Morgan fingerprint density at radius 3 is 2.30 bits per heavy atom. The van der Waals surface area contributed by atoms with Crippen molar-refractivity contribution in [1.29, 1.82) is 0 Å². The lowest BCUT2D eigenvalue weighted by Gasteiger charge is -2.14. The van der Waals surface area contributed by atoms with Crippen LogP contribution in [0.25, 0.3) is 0 Å². The quantitative estimate of drug-likeness (QED) is 0.132. The Hall–Kier alpha value is -5.10. The minimum atomic E-state index is -4.28. The number of sulfonamides is 1. The minimum Gasteiger partial charge on any atom is -0.495 e. The third-order valence-corrected chi connectivity index (χ3v) is 7.05. The molecule has 0 amide bonds. The molecule has 0 saturated heterocycles. The van der Waals surface area contributed by atoms with E-state index in [0.29, 0.717) is 23.7 Å². The molecule has 40 heavy (non-hydrogen) atoms. The lowest BCUT2D eigenvalue weighted by Crippen LogP contribution is -2.15. The Kier molecular flexibility index (Phi) is 8.82. The fourth-order valence-electron chi connectivity index (χ4n) is 3.66. The molecule has 4 rings (SSSR count). The van der Waals surface area contributed by atoms with Gasteiger partial charge in [0.25, 0.3) is 15.7 Å². The van der Waals surface area contributed by atoms with Crippen molar-refractivity contribution in [2.45, 2.75) is 11.5 Å². The van der Waals surface area contributed by atoms with Gasteiger partial charge in [0.1, 0.15) is 17.3 Å². The van der Waals surface area contributed by atoms with Crippen LogP contribution >= 0.6 is 0 Å². The van der Waals surface area contributed by atoms with Crippen LogP contribution in [-0.4, -0.2) is 33.8 Å². The van der Waals surface area contributed by atoms with Gasteiger partial charge in [0.15, 0.2) is 11.5 Å². The summed E-state index contributed by atoms with van der Waals surface area (Å²) in [6, 6.07) is 24.7. The number of hydrazone groups is 1. The van der Waals surface area contributed by atoms with Crippen LogP contribution in [0.3, 0.4) is 0 Å². The highest BCUT2D eigenvalue weighted by atomic mass is 32.2. The highest BCUT2D eigenvalue weighted by Crippen LogP contribution is 2.32. The highest BCUT2D eigenvalue weighted by molar-refractivity contribution is 7.93. The van der Waals surface area contributed by atoms with Gasteiger partial charge in [0, 0.05) is 12.1 Å². The second-order valence-electron chi connectivity index (χ2n) is 8.30. The maximum absolute atomic E-state index is 13.3. The highest BCUT2D eigenvalue weighted by Gasteiger charge is 2.23. The number of methoxy groups -OCH3 is 2. The number of nitro groups is 1. The predicted molar refractivity (Wildman–Crippen MR) is 152 cm³/mol. The first-order chi connectivity index (χ1) is 19.3. The molecule has 0 bridgehead atoms. The van der Waals surface area contributed by atoms with Crippen LogP contribution in [0.2, 0.25) is 0 Å². The number of anilines is 2. The molecule has 2 N–H and O–H groups in total. The number of hydrogen-bond acceptors (Lipinski definition) is 9. The first kappa shape index (κ1) is 27.9. The number of rotatable bonds is 12. The lowest BCUT2D eigenvalue weighted by atomic mass is 10.2. The molecule has 0 saturated carbocycles. The summed E-state index contributed by atoms with van der Waals surface area (Å²) in [5.74, 6) is 1.32. The van der Waals surface area contributed by atoms with E-state index in [1.54, 1.807) is 36.4 Å². The van der Waals surface area contributed by atoms with Gasteiger partial charge in [-0.15, -0.1) is 0 Å². The third kappa shape index (κ3) is 6.85. The zero-order valence-corrected chi connectivity index (χ0v) is 22.4. The molecule has 0 aliphatic carbocycles. The Morgan fingerprint density at radius 2 is 1.57 bits per heavy atom. The van der Waals surface area contributed by atoms with E-state index in [-0.39, 0.29) is 22.0 Å². The molecule has 12 heteroatoms. The number of nitrogens with one attached hydrogen (secondary N) is 2. The zero-order chi connectivity index (χ0) is 28.5. The number of benzene rings is 4. The SMILES string of the molecule is COc1ccccc1NS(=O)(=O)c1cc([N+](=O)[O-])ccc1N/N=C\c1ccc(OCc2ccccc2)c(OC)c1. The van der Waals surface area contributed by atoms with E-state index in [0.717, 1.165) is 11.6 Å². The first-order valence-electron chi connectivity index (χ1n) is 11.9. The van der Waals surface area contributed by atoms with Crippen molar-refractivity contribution in [3.8, 4) is 17.2 Å². The van der Waals surface area contributed by atoms with Crippen molar-refractivity contribution >= 4 is 33.3 Å². The Balaban J connectivity index is 1.55. The third-order valence-electron chi connectivity index (χ3n) is 5.64. The van der Waals surface area contributed by atoms with Crippen molar-refractivity contribution < 1.29 is 27.6 Å². The number of non-ortho nitro benzene ring substituents is 1. The number of nitrogens with zero attached hydrogens (tertiary/aromatic N) is 2. The average Bonchev–Trinajstić information content (AvgIpc) is 2.97. The molecule has 4 aromatic carbocycles. The Bertz CT molecular complexity index is 1630. The van der Waals surface area contributed by atoms with Gasteiger partial charge >= 0.3 is 0 Å². The molecule has 0 heterocycles. The van der Waals surface area contributed by atoms with Crippen LogP contribution in [0.5, 0.6) is 17.2 Å². The van der Waals surface area contributed by atoms with Crippen LogP contribution < -0.4 is 24.4 Å². The maximum Gasteiger partial charge on any atom is 0.270 e. The van der Waals surface area contributed by atoms with E-state index in [4.69, 9.17) is 14.2 Å². The molecule has 0 unspecified atom stereocenters. The fraction of sp³-hybridized carbons (Fsp3) is 0.107. The molecule has 0 spiro atoms. The standard InChI is InChI=1S/C28H26N4O7S/c1-37-25-11-7-6-10-23(25)31-40(35,36)28-17-22(32(33)34)13-14-24(28)30-29-18-21-12-15-26(27(16-21)38-2)39-19-20-8-4-3-5-9-20/h3-18,30-31H,19H2,1-2H3/b29-18-. The Labute approximate surface area is 231 Å². The molecule has 4 aromatic rings. The molecular formula is C28H26N4O7S. The van der Waals surface area contributed by atoms with Crippen molar-refractivity contribution in [3.05, 3.63) is 112 Å². The topological polar surface area (TPSA) is 141 Å². The summed E-state index contributed by atoms with van der Waals surface area (Å²) in [4.78, 5) is 10.3. The molecule has 0 aromatic heterocycles. The summed E-state index contributed by atoms with van der Waals surface area (Å²) in [5.41, 5.74) is 4.12. The normalized spacial score (nSPS) is 11.2. The van der Waals surface area contributed by atoms with Gasteiger partial charge in [0.2, 0.25) is 0 Å². The van der Waals surface area contributed by atoms with Crippen LogP contribution in [0.4, 0.5) is 17.1 Å². The first-order valence-corrected chi connectivity index (χ1v) is 13.4. The molecule has 0 aliphatic rings. The predicted octanol–water partition coefficient (Wildman–Crippen LogP) is 5.44. The van der Waals surface area contributed by atoms with Gasteiger partial charge in [-0.2, -0.15) is 5.10 Å². The van der Waals surface area contributed by atoms with Gasteiger partial charge in [-0.25, -0.2) is 8.42 Å². The van der Waals surface area contributed by atoms with Gasteiger partial charge in [-0.05, 0) is 47.5 Å². The van der Waals surface area contributed by atoms with Crippen LogP contribution in [0.1, 0.15) is 11.1 Å². The Morgan fingerprint density at radius 1 is 0.850 bits per heavy atom. The van der Waals surface area contributed by atoms with E-state index < -0.39 is 20.6 Å². The van der Waals surface area contributed by atoms with E-state index in [1.165, 1.54) is 38.6 Å². The lowest BCUT2D eigenvalue weighted by molar-refractivity contribution is -0.385. The molecule has 0 aliphatic heterocycles. The van der Waals surface area contributed by atoms with Crippen molar-refractivity contribution in [1.82, 2.24) is 0 Å². The summed E-state index contributed by atoms with van der Waals surface area (Å²) in [6.45, 7) is 0.368. The maximum atomic E-state index is 13.3. The van der Waals surface area contributed by atoms with Crippen molar-refractivity contribution in [2.24, 2.45) is 5.10 Å². The molecule has 11 nitrogen and oxygen atoms in total. The number of ether oxygens (including phenoxy) is 3. The summed E-state index contributed by atoms with van der Waals surface area (Å²) in [5, 5.41) is 15.5.